The Balaban J connectivity index is 2.94. The highest BCUT2D eigenvalue weighted by molar-refractivity contribution is 7.14. The van der Waals surface area contributed by atoms with Crippen LogP contribution in [0, 0.1) is 18.3 Å². The van der Waals surface area contributed by atoms with E-state index in [1.54, 1.807) is 13.0 Å². The molecular formula is C10H11NO3S. The van der Waals surface area contributed by atoms with Crippen LogP contribution in [-0.2, 0) is 0 Å². The van der Waals surface area contributed by atoms with Crippen LogP contribution in [0.5, 0.6) is 5.75 Å². The third-order valence-electron chi connectivity index (χ3n) is 1.80. The molecule has 5 heteroatoms. The van der Waals surface area contributed by atoms with Gasteiger partial charge < -0.3 is 9.84 Å². The summed E-state index contributed by atoms with van der Waals surface area (Å²) in [6, 6.07) is 3.61. The summed E-state index contributed by atoms with van der Waals surface area (Å²) < 4.78 is 5.29. The van der Waals surface area contributed by atoms with Crippen LogP contribution >= 0.6 is 11.3 Å². The van der Waals surface area contributed by atoms with E-state index in [0.717, 1.165) is 16.2 Å². The molecule has 0 fully saturated rings. The van der Waals surface area contributed by atoms with Gasteiger partial charge in [0.05, 0.1) is 0 Å². The number of aryl methyl sites for hydroxylation is 1. The fraction of sp³-hybridized carbons (Fsp3) is 0.400. The molecule has 80 valence electrons. The van der Waals surface area contributed by atoms with E-state index in [4.69, 9.17) is 15.1 Å². The fourth-order valence-corrected chi connectivity index (χ4v) is 1.86. The molecule has 0 aliphatic carbocycles. The molecule has 4 nitrogen and oxygen atoms in total. The predicted octanol–water partition coefficient (Wildman–Crippen LogP) is 2.44. The third-order valence-corrected chi connectivity index (χ3v) is 2.82. The summed E-state index contributed by atoms with van der Waals surface area (Å²) in [5.41, 5.74) is 0. The number of hydrogen-bond acceptors (Lipinski definition) is 4. The molecule has 1 aromatic rings. The van der Waals surface area contributed by atoms with Crippen molar-refractivity contribution in [3.63, 3.8) is 0 Å². The van der Waals surface area contributed by atoms with Gasteiger partial charge in [0.15, 0.2) is 11.0 Å². The lowest BCUT2D eigenvalue weighted by atomic mass is 10.3. The average molecular weight is 225 g/mol. The van der Waals surface area contributed by atoms with Gasteiger partial charge in [-0.15, -0.1) is 11.3 Å². The maximum atomic E-state index is 10.8. The van der Waals surface area contributed by atoms with Crippen molar-refractivity contribution in [1.82, 2.24) is 0 Å². The van der Waals surface area contributed by atoms with E-state index in [9.17, 15) is 4.79 Å². The third kappa shape index (κ3) is 2.70. The summed E-state index contributed by atoms with van der Waals surface area (Å²) in [5, 5.41) is 17.6. The van der Waals surface area contributed by atoms with Crippen LogP contribution in [0.4, 0.5) is 0 Å². The Morgan fingerprint density at radius 3 is 2.93 bits per heavy atom. The minimum absolute atomic E-state index is 0.154. The van der Waals surface area contributed by atoms with Crippen molar-refractivity contribution in [3.05, 3.63) is 15.8 Å². The van der Waals surface area contributed by atoms with E-state index in [1.165, 1.54) is 0 Å². The van der Waals surface area contributed by atoms with E-state index in [0.29, 0.717) is 12.2 Å². The van der Waals surface area contributed by atoms with Crippen LogP contribution in [0.25, 0.3) is 0 Å². The van der Waals surface area contributed by atoms with E-state index in [-0.39, 0.29) is 4.88 Å². The first-order valence-corrected chi connectivity index (χ1v) is 5.30. The molecule has 1 atom stereocenters. The number of nitrogens with zero attached hydrogens (tertiary/aromatic N) is 1. The smallest absolute Gasteiger partial charge is 0.349 e. The number of carboxylic acids is 1. The molecule has 1 heterocycles. The van der Waals surface area contributed by atoms with Crippen molar-refractivity contribution < 1.29 is 14.6 Å². The van der Waals surface area contributed by atoms with Crippen LogP contribution in [0.3, 0.4) is 0 Å². The van der Waals surface area contributed by atoms with Crippen LogP contribution < -0.4 is 4.74 Å². The number of nitriles is 1. The van der Waals surface area contributed by atoms with Gasteiger partial charge in [0.1, 0.15) is 11.8 Å². The summed E-state index contributed by atoms with van der Waals surface area (Å²) in [6.45, 7) is 3.62. The Bertz CT molecular complexity index is 405. The lowest BCUT2D eigenvalue weighted by molar-refractivity contribution is 0.0696. The molecule has 0 bridgehead atoms. The van der Waals surface area contributed by atoms with E-state index < -0.39 is 12.1 Å². The van der Waals surface area contributed by atoms with Gasteiger partial charge in [-0.2, -0.15) is 5.26 Å². The SMILES string of the molecule is CCC(C#N)Oc1cc(C)sc1C(=O)O. The number of thiophene rings is 1. The Morgan fingerprint density at radius 2 is 2.47 bits per heavy atom. The van der Waals surface area contributed by atoms with E-state index in [2.05, 4.69) is 0 Å². The predicted molar refractivity (Wildman–Crippen MR) is 56.3 cm³/mol. The van der Waals surface area contributed by atoms with Gasteiger partial charge in [-0.25, -0.2) is 4.79 Å². The highest BCUT2D eigenvalue weighted by atomic mass is 32.1. The van der Waals surface area contributed by atoms with Gasteiger partial charge in [-0.1, -0.05) is 6.92 Å². The maximum Gasteiger partial charge on any atom is 0.349 e. The maximum absolute atomic E-state index is 10.8. The molecule has 0 aliphatic heterocycles. The lowest BCUT2D eigenvalue weighted by Gasteiger charge is -2.08. The van der Waals surface area contributed by atoms with Crippen LogP contribution in [0.1, 0.15) is 27.9 Å². The average Bonchev–Trinajstić information content (AvgIpc) is 2.56. The molecule has 1 rings (SSSR count). The van der Waals surface area contributed by atoms with Gasteiger partial charge in [0, 0.05) is 4.88 Å². The topological polar surface area (TPSA) is 70.3 Å². The van der Waals surface area contributed by atoms with Crippen molar-refractivity contribution >= 4 is 17.3 Å². The summed E-state index contributed by atoms with van der Waals surface area (Å²) in [5.74, 6) is -0.728. The number of rotatable bonds is 4. The number of aromatic carboxylic acids is 1. The van der Waals surface area contributed by atoms with Crippen molar-refractivity contribution in [2.75, 3.05) is 0 Å². The Labute approximate surface area is 91.7 Å². The standard InChI is InChI=1S/C10H11NO3S/c1-3-7(5-11)14-8-4-6(2)15-9(8)10(12)13/h4,7H,3H2,1-2H3,(H,12,13). The molecular weight excluding hydrogens is 214 g/mol. The van der Waals surface area contributed by atoms with Gasteiger partial charge in [-0.05, 0) is 19.4 Å². The first-order valence-electron chi connectivity index (χ1n) is 4.48. The number of ether oxygens (including phenoxy) is 1. The molecule has 0 saturated carbocycles. The minimum Gasteiger partial charge on any atom is -0.477 e. The van der Waals surface area contributed by atoms with Crippen LogP contribution in [0.2, 0.25) is 0 Å². The number of carbonyl (C=O) groups is 1. The molecule has 0 amide bonds. The van der Waals surface area contributed by atoms with Crippen LogP contribution in [-0.4, -0.2) is 17.2 Å². The zero-order chi connectivity index (χ0) is 11.4. The first-order chi connectivity index (χ1) is 7.08. The summed E-state index contributed by atoms with van der Waals surface area (Å²) in [6.07, 6.45) is -0.0538. The Kier molecular flexibility index (Phi) is 3.69. The van der Waals surface area contributed by atoms with Crippen molar-refractivity contribution in [3.8, 4) is 11.8 Å². The molecule has 0 aliphatic rings. The zero-order valence-electron chi connectivity index (χ0n) is 8.48. The van der Waals surface area contributed by atoms with Gasteiger partial charge in [0.2, 0.25) is 0 Å². The molecule has 1 aromatic heterocycles. The summed E-state index contributed by atoms with van der Waals surface area (Å²) in [4.78, 5) is 11.9. The normalized spacial score (nSPS) is 11.8. The van der Waals surface area contributed by atoms with Crippen molar-refractivity contribution in [2.45, 2.75) is 26.4 Å². The monoisotopic (exact) mass is 225 g/mol. The van der Waals surface area contributed by atoms with Gasteiger partial charge in [-0.3, -0.25) is 0 Å². The van der Waals surface area contributed by atoms with Crippen molar-refractivity contribution in [2.24, 2.45) is 0 Å². The summed E-state index contributed by atoms with van der Waals surface area (Å²) in [7, 11) is 0. The Hall–Kier alpha value is -1.54. The minimum atomic E-state index is -1.02. The zero-order valence-corrected chi connectivity index (χ0v) is 9.30. The largest absolute Gasteiger partial charge is 0.477 e. The van der Waals surface area contributed by atoms with Gasteiger partial charge >= 0.3 is 5.97 Å². The lowest BCUT2D eigenvalue weighted by Crippen LogP contribution is -2.13. The fourth-order valence-electron chi connectivity index (χ4n) is 1.08. The summed E-state index contributed by atoms with van der Waals surface area (Å²) >= 11 is 1.15. The molecule has 0 aromatic carbocycles. The second-order valence-electron chi connectivity index (χ2n) is 3.00. The molecule has 0 saturated heterocycles. The second kappa shape index (κ2) is 4.80. The van der Waals surface area contributed by atoms with Crippen molar-refractivity contribution in [1.29, 1.82) is 5.26 Å². The first kappa shape index (κ1) is 11.5. The highest BCUT2D eigenvalue weighted by Crippen LogP contribution is 2.29. The molecule has 1 unspecified atom stereocenters. The number of carboxylic acid groups (broad SMARTS) is 1. The quantitative estimate of drug-likeness (QED) is 0.854. The highest BCUT2D eigenvalue weighted by Gasteiger charge is 2.18. The molecule has 15 heavy (non-hydrogen) atoms. The number of hydrogen-bond donors (Lipinski definition) is 1. The van der Waals surface area contributed by atoms with Crippen LogP contribution in [0.15, 0.2) is 6.07 Å². The molecule has 0 spiro atoms. The second-order valence-corrected chi connectivity index (χ2v) is 4.26. The molecule has 0 radical (unpaired) electrons. The van der Waals surface area contributed by atoms with Gasteiger partial charge in [0.25, 0.3) is 0 Å². The Morgan fingerprint density at radius 1 is 1.80 bits per heavy atom. The van der Waals surface area contributed by atoms with E-state index in [1.807, 2.05) is 13.0 Å². The van der Waals surface area contributed by atoms with E-state index >= 15 is 0 Å². The molecule has 1 N–H and O–H groups in total.